The van der Waals surface area contributed by atoms with Crippen molar-refractivity contribution in [2.45, 2.75) is 35.8 Å². The number of anilines is 2. The molecule has 43 heavy (non-hydrogen) atoms. The summed E-state index contributed by atoms with van der Waals surface area (Å²) in [4.78, 5) is 54.5. The molecule has 3 heterocycles. The number of hydrogen-bond donors (Lipinski definition) is 1. The lowest BCUT2D eigenvalue weighted by molar-refractivity contribution is -0.137. The third-order valence-electron chi connectivity index (χ3n) is 7.31. The smallest absolute Gasteiger partial charge is 0.325 e. The summed E-state index contributed by atoms with van der Waals surface area (Å²) in [5.41, 5.74) is 0.656. The summed E-state index contributed by atoms with van der Waals surface area (Å²) >= 11 is 1.74. The number of carbonyl (C=O) groups excluding carboxylic acids is 3. The molecule has 2 aliphatic heterocycles. The van der Waals surface area contributed by atoms with E-state index in [1.807, 2.05) is 13.0 Å². The van der Waals surface area contributed by atoms with Crippen molar-refractivity contribution in [1.29, 1.82) is 0 Å². The number of aryl methyl sites for hydroxylation is 1. The lowest BCUT2D eigenvalue weighted by Gasteiger charge is -2.30. The van der Waals surface area contributed by atoms with E-state index in [2.05, 4.69) is 5.32 Å². The number of thiazole rings is 1. The molecular formula is C30H21F4N3O4S2. The third-order valence-corrected chi connectivity index (χ3v) is 9.92. The number of aromatic nitrogens is 1. The number of thioether (sulfide) groups is 1. The number of amides is 3. The van der Waals surface area contributed by atoms with Crippen LogP contribution in [-0.4, -0.2) is 27.5 Å². The largest absolute Gasteiger partial charge is 0.416 e. The number of benzene rings is 3. The van der Waals surface area contributed by atoms with Crippen LogP contribution in [0.15, 0.2) is 82.6 Å². The van der Waals surface area contributed by atoms with Crippen LogP contribution in [0.2, 0.25) is 0 Å². The Morgan fingerprint density at radius 3 is 2.37 bits per heavy atom. The van der Waals surface area contributed by atoms with Gasteiger partial charge in [0.05, 0.1) is 22.2 Å². The minimum Gasteiger partial charge on any atom is -0.325 e. The fraction of sp³-hybridized carbons (Fsp3) is 0.200. The van der Waals surface area contributed by atoms with Gasteiger partial charge < -0.3 is 5.32 Å². The number of fused-ring (bicyclic) bond motifs is 2. The fourth-order valence-corrected chi connectivity index (χ4v) is 8.20. The number of nitrogens with zero attached hydrogens (tertiary/aromatic N) is 2. The lowest BCUT2D eigenvalue weighted by atomic mass is 9.83. The van der Waals surface area contributed by atoms with Gasteiger partial charge in [-0.05, 0) is 60.5 Å². The number of rotatable bonds is 5. The Hall–Kier alpha value is -4.23. The van der Waals surface area contributed by atoms with Gasteiger partial charge >= 0.3 is 11.0 Å². The zero-order valence-electron chi connectivity index (χ0n) is 22.2. The molecule has 2 aliphatic rings. The molecule has 1 aromatic heterocycles. The van der Waals surface area contributed by atoms with Crippen molar-refractivity contribution in [2.75, 3.05) is 10.2 Å². The average molecular weight is 628 g/mol. The van der Waals surface area contributed by atoms with Crippen LogP contribution in [-0.2, 0) is 27.1 Å². The SMILES string of the molecule is Cc1cccc(NC(=O)Cn2c3c(sc2=O)[C@@H](c2ccc(F)cc2)[C@@H]2C(=O)N(c4cccc(C(F)(F)F)c4)C(=O)[C@@H]2S3)c1. The molecule has 7 nitrogen and oxygen atoms in total. The van der Waals surface area contributed by atoms with Crippen LogP contribution in [0.5, 0.6) is 0 Å². The number of alkyl halides is 3. The van der Waals surface area contributed by atoms with Crippen molar-refractivity contribution in [2.24, 2.45) is 5.92 Å². The van der Waals surface area contributed by atoms with Crippen molar-refractivity contribution in [3.05, 3.63) is 110 Å². The monoisotopic (exact) mass is 627 g/mol. The zero-order chi connectivity index (χ0) is 30.6. The van der Waals surface area contributed by atoms with Crippen molar-refractivity contribution in [3.8, 4) is 0 Å². The zero-order valence-corrected chi connectivity index (χ0v) is 23.9. The highest BCUT2D eigenvalue weighted by Gasteiger charge is 2.57. The van der Waals surface area contributed by atoms with Gasteiger partial charge in [0.15, 0.2) is 0 Å². The number of nitrogens with one attached hydrogen (secondary N) is 1. The van der Waals surface area contributed by atoms with E-state index >= 15 is 0 Å². The first-order valence-electron chi connectivity index (χ1n) is 13.0. The molecule has 13 heteroatoms. The van der Waals surface area contributed by atoms with Crippen molar-refractivity contribution in [3.63, 3.8) is 0 Å². The van der Waals surface area contributed by atoms with Crippen LogP contribution in [0.1, 0.15) is 27.5 Å². The lowest BCUT2D eigenvalue weighted by Crippen LogP contribution is -2.33. The fourth-order valence-electron chi connectivity index (χ4n) is 5.43. The summed E-state index contributed by atoms with van der Waals surface area (Å²) in [6, 6.07) is 16.3. The van der Waals surface area contributed by atoms with E-state index in [0.717, 1.165) is 51.8 Å². The molecule has 0 saturated carbocycles. The Kier molecular flexibility index (Phi) is 7.25. The van der Waals surface area contributed by atoms with Crippen LogP contribution in [0.25, 0.3) is 0 Å². The average Bonchev–Trinajstić information content (AvgIpc) is 3.39. The maximum atomic E-state index is 13.9. The minimum absolute atomic E-state index is 0.226. The number of imide groups is 1. The van der Waals surface area contributed by atoms with Crippen molar-refractivity contribution >= 4 is 52.2 Å². The molecule has 6 rings (SSSR count). The second-order valence-corrected chi connectivity index (χ2v) is 12.3. The Balaban J connectivity index is 1.41. The van der Waals surface area contributed by atoms with E-state index in [1.54, 1.807) is 18.2 Å². The van der Waals surface area contributed by atoms with E-state index < -0.39 is 57.2 Å². The van der Waals surface area contributed by atoms with Gasteiger partial charge in [0.2, 0.25) is 17.7 Å². The van der Waals surface area contributed by atoms with Gasteiger partial charge in [-0.3, -0.25) is 23.7 Å². The van der Waals surface area contributed by atoms with E-state index in [0.29, 0.717) is 21.2 Å². The molecule has 220 valence electrons. The number of halogens is 4. The summed E-state index contributed by atoms with van der Waals surface area (Å²) < 4.78 is 55.5. The molecule has 0 bridgehead atoms. The molecule has 4 aromatic rings. The van der Waals surface area contributed by atoms with E-state index in [-0.39, 0.29) is 12.2 Å². The van der Waals surface area contributed by atoms with Crippen LogP contribution < -0.4 is 15.1 Å². The van der Waals surface area contributed by atoms with Gasteiger partial charge in [0.25, 0.3) is 0 Å². The van der Waals surface area contributed by atoms with Gasteiger partial charge in [-0.2, -0.15) is 13.2 Å². The topological polar surface area (TPSA) is 88.5 Å². The van der Waals surface area contributed by atoms with Gasteiger partial charge in [0.1, 0.15) is 17.6 Å². The summed E-state index contributed by atoms with van der Waals surface area (Å²) in [7, 11) is 0. The van der Waals surface area contributed by atoms with E-state index in [1.165, 1.54) is 34.9 Å². The van der Waals surface area contributed by atoms with Crippen molar-refractivity contribution < 1.29 is 31.9 Å². The highest BCUT2D eigenvalue weighted by Crippen LogP contribution is 2.54. The maximum absolute atomic E-state index is 13.9. The molecule has 3 amide bonds. The van der Waals surface area contributed by atoms with Crippen LogP contribution in [0, 0.1) is 18.7 Å². The first-order chi connectivity index (χ1) is 20.4. The second kappa shape index (κ2) is 10.8. The third kappa shape index (κ3) is 5.27. The molecule has 1 saturated heterocycles. The summed E-state index contributed by atoms with van der Waals surface area (Å²) in [6.45, 7) is 1.49. The normalized spacial score (nSPS) is 19.7. The Labute approximate surface area is 250 Å². The van der Waals surface area contributed by atoms with Gasteiger partial charge in [0, 0.05) is 16.5 Å². The first kappa shape index (κ1) is 28.9. The van der Waals surface area contributed by atoms with Crippen molar-refractivity contribution in [1.82, 2.24) is 4.57 Å². The quantitative estimate of drug-likeness (QED) is 0.223. The molecule has 0 unspecified atom stereocenters. The molecule has 3 atom stereocenters. The highest BCUT2D eigenvalue weighted by atomic mass is 32.2. The molecule has 1 N–H and O–H groups in total. The van der Waals surface area contributed by atoms with Gasteiger partial charge in [-0.1, -0.05) is 53.4 Å². The standard InChI is InChI=1S/C30H21F4N3O4S2/c1-15-4-2-6-19(12-15)35-21(38)14-36-28-25(43-29(36)41)22(16-8-10-18(31)11-9-16)23-24(42-28)27(40)37(26(23)39)20-7-3-5-17(13-20)30(32,33)34/h2-13,22-24H,14H2,1H3,(H,35,38)/t22-,23-,24+/m0/s1. The number of hydrogen-bond acceptors (Lipinski definition) is 6. The summed E-state index contributed by atoms with van der Waals surface area (Å²) in [6.07, 6.45) is -4.70. The van der Waals surface area contributed by atoms with Crippen LogP contribution >= 0.6 is 23.1 Å². The predicted octanol–water partition coefficient (Wildman–Crippen LogP) is 5.81. The predicted molar refractivity (Wildman–Crippen MR) is 154 cm³/mol. The Bertz CT molecular complexity index is 1830. The summed E-state index contributed by atoms with van der Waals surface area (Å²) in [5, 5.41) is 1.94. The van der Waals surface area contributed by atoms with Gasteiger partial charge in [-0.15, -0.1) is 0 Å². The molecule has 0 radical (unpaired) electrons. The molecule has 1 fully saturated rings. The summed E-state index contributed by atoms with van der Waals surface area (Å²) in [5.74, 6) is -4.47. The molecular weight excluding hydrogens is 606 g/mol. The Morgan fingerprint density at radius 1 is 0.953 bits per heavy atom. The Morgan fingerprint density at radius 2 is 1.67 bits per heavy atom. The minimum atomic E-state index is -4.70. The van der Waals surface area contributed by atoms with E-state index in [4.69, 9.17) is 0 Å². The van der Waals surface area contributed by atoms with Crippen LogP contribution in [0.3, 0.4) is 0 Å². The molecule has 0 spiro atoms. The van der Waals surface area contributed by atoms with Crippen LogP contribution in [0.4, 0.5) is 28.9 Å². The van der Waals surface area contributed by atoms with E-state index in [9.17, 15) is 36.7 Å². The molecule has 0 aliphatic carbocycles. The van der Waals surface area contributed by atoms with Gasteiger partial charge in [-0.25, -0.2) is 9.29 Å². The number of carbonyl (C=O) groups is 3. The maximum Gasteiger partial charge on any atom is 0.416 e. The molecule has 3 aromatic carbocycles. The second-order valence-electron chi connectivity index (χ2n) is 10.2. The first-order valence-corrected chi connectivity index (χ1v) is 14.7. The highest BCUT2D eigenvalue weighted by molar-refractivity contribution is 8.00.